The summed E-state index contributed by atoms with van der Waals surface area (Å²) in [5, 5.41) is 22.9. The van der Waals surface area contributed by atoms with Crippen molar-refractivity contribution in [2.75, 3.05) is 0 Å². The number of aromatic nitrogens is 1. The number of phenolic OH excluding ortho intramolecular Hbond substituents is 1. The van der Waals surface area contributed by atoms with E-state index in [1.807, 2.05) is 0 Å². The molecule has 126 valence electrons. The lowest BCUT2D eigenvalue weighted by Crippen LogP contribution is -2.30. The molecule has 1 aromatic heterocycles. The van der Waals surface area contributed by atoms with E-state index in [2.05, 4.69) is 10.3 Å². The molecule has 0 saturated heterocycles. The second-order valence-electron chi connectivity index (χ2n) is 5.37. The number of phenols is 1. The van der Waals surface area contributed by atoms with Crippen LogP contribution in [0.15, 0.2) is 48.7 Å². The number of benzene rings is 2. The SMILES string of the molecule is O=C(NCc1ccc(O)cc1)C(=O)c1c[nH]c2ccc([N+](=O)[O-])cc12. The number of hydrogen-bond acceptors (Lipinski definition) is 5. The molecule has 0 bridgehead atoms. The smallest absolute Gasteiger partial charge is 0.292 e. The van der Waals surface area contributed by atoms with Crippen LogP contribution in [0.25, 0.3) is 10.9 Å². The molecule has 0 saturated carbocycles. The quantitative estimate of drug-likeness (QED) is 0.284. The first-order valence-electron chi connectivity index (χ1n) is 7.31. The van der Waals surface area contributed by atoms with Gasteiger partial charge in [0.2, 0.25) is 0 Å². The van der Waals surface area contributed by atoms with Crippen LogP contribution >= 0.6 is 0 Å². The molecule has 8 heteroatoms. The number of nitro benzene ring substituents is 1. The van der Waals surface area contributed by atoms with Gasteiger partial charge in [0.1, 0.15) is 5.75 Å². The number of ketones is 1. The summed E-state index contributed by atoms with van der Waals surface area (Å²) in [5.41, 5.74) is 1.15. The van der Waals surface area contributed by atoms with Crippen molar-refractivity contribution >= 4 is 28.3 Å². The molecule has 25 heavy (non-hydrogen) atoms. The van der Waals surface area contributed by atoms with Crippen LogP contribution in [0.4, 0.5) is 5.69 Å². The van der Waals surface area contributed by atoms with Crippen LogP contribution in [0, 0.1) is 10.1 Å². The molecule has 0 aliphatic carbocycles. The minimum Gasteiger partial charge on any atom is -0.508 e. The average Bonchev–Trinajstić information content (AvgIpc) is 3.03. The summed E-state index contributed by atoms with van der Waals surface area (Å²) in [6.45, 7) is 0.118. The Morgan fingerprint density at radius 1 is 1.16 bits per heavy atom. The lowest BCUT2D eigenvalue weighted by molar-refractivity contribution is -0.384. The van der Waals surface area contributed by atoms with Crippen molar-refractivity contribution in [1.82, 2.24) is 10.3 Å². The number of amides is 1. The molecule has 0 atom stereocenters. The van der Waals surface area contributed by atoms with Crippen LogP contribution in [-0.4, -0.2) is 26.7 Å². The van der Waals surface area contributed by atoms with Crippen LogP contribution in [0.5, 0.6) is 5.75 Å². The zero-order valence-corrected chi connectivity index (χ0v) is 12.9. The number of nitro groups is 1. The maximum Gasteiger partial charge on any atom is 0.292 e. The summed E-state index contributed by atoms with van der Waals surface area (Å²) in [6, 6.07) is 10.2. The molecule has 2 aromatic carbocycles. The highest BCUT2D eigenvalue weighted by molar-refractivity contribution is 6.44. The number of nitrogens with one attached hydrogen (secondary N) is 2. The number of non-ortho nitro benzene ring substituents is 1. The molecular formula is C17H13N3O5. The Morgan fingerprint density at radius 2 is 1.88 bits per heavy atom. The molecular weight excluding hydrogens is 326 g/mol. The van der Waals surface area contributed by atoms with E-state index < -0.39 is 16.6 Å². The predicted octanol–water partition coefficient (Wildman–Crippen LogP) is 2.28. The van der Waals surface area contributed by atoms with Gasteiger partial charge in [-0.2, -0.15) is 0 Å². The van der Waals surface area contributed by atoms with Crippen LogP contribution in [0.3, 0.4) is 0 Å². The number of aromatic hydroxyl groups is 1. The van der Waals surface area contributed by atoms with Gasteiger partial charge in [0.15, 0.2) is 0 Å². The molecule has 0 radical (unpaired) electrons. The number of carbonyl (C=O) groups excluding carboxylic acids is 2. The van der Waals surface area contributed by atoms with E-state index in [4.69, 9.17) is 0 Å². The third kappa shape index (κ3) is 3.32. The van der Waals surface area contributed by atoms with Crippen molar-refractivity contribution in [2.45, 2.75) is 6.54 Å². The largest absolute Gasteiger partial charge is 0.508 e. The zero-order chi connectivity index (χ0) is 18.0. The summed E-state index contributed by atoms with van der Waals surface area (Å²) < 4.78 is 0. The van der Waals surface area contributed by atoms with E-state index in [1.165, 1.54) is 36.5 Å². The highest BCUT2D eigenvalue weighted by atomic mass is 16.6. The standard InChI is InChI=1S/C17H13N3O5/c21-12-4-1-10(2-5-12)8-19-17(23)16(22)14-9-18-15-6-3-11(20(24)25)7-13(14)15/h1-7,9,18,21H,8H2,(H,19,23). The van der Waals surface area contributed by atoms with Crippen LogP contribution in [-0.2, 0) is 11.3 Å². The summed E-state index contributed by atoms with van der Waals surface area (Å²) in [7, 11) is 0. The third-order valence-electron chi connectivity index (χ3n) is 3.72. The number of H-pyrrole nitrogens is 1. The van der Waals surface area contributed by atoms with Crippen molar-refractivity contribution in [3.05, 3.63) is 69.9 Å². The van der Waals surface area contributed by atoms with E-state index in [1.54, 1.807) is 12.1 Å². The van der Waals surface area contributed by atoms with Crippen LogP contribution < -0.4 is 5.32 Å². The molecule has 1 amide bonds. The van der Waals surface area contributed by atoms with E-state index in [-0.39, 0.29) is 23.5 Å². The lowest BCUT2D eigenvalue weighted by atomic mass is 10.1. The first-order chi connectivity index (χ1) is 12.0. The normalized spacial score (nSPS) is 10.6. The third-order valence-corrected chi connectivity index (χ3v) is 3.72. The summed E-state index contributed by atoms with van der Waals surface area (Å²) in [4.78, 5) is 37.6. The molecule has 0 fully saturated rings. The predicted molar refractivity (Wildman–Crippen MR) is 89.2 cm³/mol. The minimum absolute atomic E-state index is 0.0712. The molecule has 0 unspecified atom stereocenters. The van der Waals surface area contributed by atoms with E-state index in [9.17, 15) is 24.8 Å². The first kappa shape index (κ1) is 16.2. The molecule has 3 rings (SSSR count). The van der Waals surface area contributed by atoms with Crippen molar-refractivity contribution in [3.63, 3.8) is 0 Å². The highest BCUT2D eigenvalue weighted by Crippen LogP contribution is 2.24. The molecule has 8 nitrogen and oxygen atoms in total. The number of rotatable bonds is 5. The molecule has 0 aliphatic heterocycles. The number of hydrogen-bond donors (Lipinski definition) is 3. The first-order valence-corrected chi connectivity index (χ1v) is 7.31. The lowest BCUT2D eigenvalue weighted by Gasteiger charge is -2.04. The Balaban J connectivity index is 1.78. The zero-order valence-electron chi connectivity index (χ0n) is 12.9. The van der Waals surface area contributed by atoms with Gasteiger partial charge >= 0.3 is 0 Å². The van der Waals surface area contributed by atoms with Gasteiger partial charge in [0.05, 0.1) is 10.5 Å². The second-order valence-corrected chi connectivity index (χ2v) is 5.37. The number of carbonyl (C=O) groups is 2. The van der Waals surface area contributed by atoms with E-state index in [0.717, 1.165) is 0 Å². The maximum atomic E-state index is 12.3. The number of nitrogens with zero attached hydrogens (tertiary/aromatic N) is 1. The average molecular weight is 339 g/mol. The van der Waals surface area contributed by atoms with Gasteiger partial charge in [-0.05, 0) is 23.8 Å². The van der Waals surface area contributed by atoms with Crippen molar-refractivity contribution in [1.29, 1.82) is 0 Å². The Hall–Kier alpha value is -3.68. The monoisotopic (exact) mass is 339 g/mol. The molecule has 0 aliphatic rings. The summed E-state index contributed by atoms with van der Waals surface area (Å²) in [5.74, 6) is -1.50. The Labute approximate surface area is 141 Å². The van der Waals surface area contributed by atoms with Crippen LogP contribution in [0.2, 0.25) is 0 Å². The molecule has 3 aromatic rings. The van der Waals surface area contributed by atoms with Gasteiger partial charge < -0.3 is 15.4 Å². The topological polar surface area (TPSA) is 125 Å². The molecule has 3 N–H and O–H groups in total. The number of fused-ring (bicyclic) bond motifs is 1. The van der Waals surface area contributed by atoms with Gasteiger partial charge in [-0.1, -0.05) is 12.1 Å². The molecule has 1 heterocycles. The maximum absolute atomic E-state index is 12.3. The fourth-order valence-electron chi connectivity index (χ4n) is 2.41. The number of aromatic amines is 1. The Bertz CT molecular complexity index is 976. The Kier molecular flexibility index (Phi) is 4.17. The van der Waals surface area contributed by atoms with E-state index >= 15 is 0 Å². The van der Waals surface area contributed by atoms with Gasteiger partial charge in [-0.25, -0.2) is 0 Å². The minimum atomic E-state index is -0.819. The molecule has 0 spiro atoms. The fraction of sp³-hybridized carbons (Fsp3) is 0.0588. The van der Waals surface area contributed by atoms with Crippen molar-refractivity contribution in [3.8, 4) is 5.75 Å². The Morgan fingerprint density at radius 3 is 2.56 bits per heavy atom. The van der Waals surface area contributed by atoms with Crippen molar-refractivity contribution in [2.24, 2.45) is 0 Å². The second kappa shape index (κ2) is 6.44. The number of Topliss-reactive ketones (excluding diaryl/α,β-unsaturated/α-hetero) is 1. The van der Waals surface area contributed by atoms with Gasteiger partial charge in [-0.15, -0.1) is 0 Å². The van der Waals surface area contributed by atoms with Crippen molar-refractivity contribution < 1.29 is 19.6 Å². The van der Waals surface area contributed by atoms with Gasteiger partial charge in [0, 0.05) is 35.8 Å². The highest BCUT2D eigenvalue weighted by Gasteiger charge is 2.21. The van der Waals surface area contributed by atoms with Crippen LogP contribution in [0.1, 0.15) is 15.9 Å². The van der Waals surface area contributed by atoms with Gasteiger partial charge in [-0.3, -0.25) is 19.7 Å². The van der Waals surface area contributed by atoms with E-state index in [0.29, 0.717) is 16.5 Å². The van der Waals surface area contributed by atoms with Gasteiger partial charge in [0.25, 0.3) is 17.4 Å². The summed E-state index contributed by atoms with van der Waals surface area (Å²) >= 11 is 0. The summed E-state index contributed by atoms with van der Waals surface area (Å²) in [6.07, 6.45) is 1.36. The fourth-order valence-corrected chi connectivity index (χ4v) is 2.41.